The quantitative estimate of drug-likeness (QED) is 0.652. The van der Waals surface area contributed by atoms with Crippen LogP contribution in [0, 0.1) is 0 Å². The monoisotopic (exact) mass is 378 g/mol. The Morgan fingerprint density at radius 2 is 0.880 bits per heavy atom. The third kappa shape index (κ3) is 6.17. The standard InChI is InChI=1S/C21H38O2Si2/c1-24(2,3)20-16-19-21(25(4,5)6)17-18(20)22-14-12-10-8-7-9-11-13-15-23-19/h16-17H,7-15H2,1-6H3. The van der Waals surface area contributed by atoms with E-state index in [4.69, 9.17) is 9.47 Å². The van der Waals surface area contributed by atoms with Crippen LogP contribution in [0.25, 0.3) is 0 Å². The Hall–Kier alpha value is -0.746. The normalized spacial score (nSPS) is 18.0. The summed E-state index contributed by atoms with van der Waals surface area (Å²) in [6.45, 7) is 16.1. The fourth-order valence-electron chi connectivity index (χ4n) is 3.42. The van der Waals surface area contributed by atoms with Crippen LogP contribution in [0.15, 0.2) is 12.1 Å². The summed E-state index contributed by atoms with van der Waals surface area (Å²) in [5, 5.41) is 2.83. The first kappa shape index (κ1) is 20.6. The topological polar surface area (TPSA) is 18.5 Å². The van der Waals surface area contributed by atoms with E-state index < -0.39 is 16.1 Å². The Bertz CT molecular complexity index is 506. The Morgan fingerprint density at radius 1 is 0.560 bits per heavy atom. The van der Waals surface area contributed by atoms with Gasteiger partial charge in [-0.05, 0) is 35.3 Å². The fraction of sp³-hybridized carbons (Fsp3) is 0.714. The lowest BCUT2D eigenvalue weighted by molar-refractivity contribution is 0.304. The third-order valence-corrected chi connectivity index (χ3v) is 9.02. The smallest absolute Gasteiger partial charge is 0.118 e. The maximum absolute atomic E-state index is 6.33. The molecule has 2 nitrogen and oxygen atoms in total. The second-order valence-electron chi connectivity index (χ2n) is 9.52. The van der Waals surface area contributed by atoms with Crippen molar-refractivity contribution in [3.63, 3.8) is 0 Å². The molecule has 0 saturated heterocycles. The number of hydrogen-bond donors (Lipinski definition) is 0. The van der Waals surface area contributed by atoms with Gasteiger partial charge in [-0.15, -0.1) is 0 Å². The Kier molecular flexibility index (Phi) is 7.21. The molecule has 0 aromatic heterocycles. The number of ether oxygens (including phenoxy) is 2. The summed E-state index contributed by atoms with van der Waals surface area (Å²) in [4.78, 5) is 0. The van der Waals surface area contributed by atoms with Crippen molar-refractivity contribution < 1.29 is 9.47 Å². The second kappa shape index (κ2) is 8.76. The van der Waals surface area contributed by atoms with Gasteiger partial charge in [0.1, 0.15) is 11.5 Å². The van der Waals surface area contributed by atoms with Crippen LogP contribution in [-0.4, -0.2) is 29.4 Å². The predicted octanol–water partition coefficient (Wildman–Crippen LogP) is 5.28. The van der Waals surface area contributed by atoms with Crippen LogP contribution >= 0.6 is 0 Å². The molecule has 0 aliphatic carbocycles. The molecule has 0 radical (unpaired) electrons. The summed E-state index contributed by atoms with van der Waals surface area (Å²) >= 11 is 0. The average molecular weight is 379 g/mol. The van der Waals surface area contributed by atoms with E-state index in [1.807, 2.05) is 0 Å². The molecule has 0 atom stereocenters. The number of hydrogen-bond acceptors (Lipinski definition) is 2. The molecule has 4 heteroatoms. The first-order valence-electron chi connectivity index (χ1n) is 10.1. The molecule has 25 heavy (non-hydrogen) atoms. The van der Waals surface area contributed by atoms with Gasteiger partial charge in [0.25, 0.3) is 0 Å². The first-order chi connectivity index (χ1) is 11.7. The van der Waals surface area contributed by atoms with E-state index in [2.05, 4.69) is 51.4 Å². The predicted molar refractivity (Wildman–Crippen MR) is 116 cm³/mol. The highest BCUT2D eigenvalue weighted by Gasteiger charge is 2.28. The number of benzene rings is 1. The maximum Gasteiger partial charge on any atom is 0.118 e. The van der Waals surface area contributed by atoms with E-state index in [9.17, 15) is 0 Å². The molecule has 0 unspecified atom stereocenters. The Labute approximate surface area is 157 Å². The van der Waals surface area contributed by atoms with Crippen molar-refractivity contribution in [2.24, 2.45) is 0 Å². The minimum Gasteiger partial charge on any atom is -0.494 e. The molecule has 2 aliphatic heterocycles. The molecule has 2 aliphatic rings. The van der Waals surface area contributed by atoms with Gasteiger partial charge in [0.05, 0.1) is 29.4 Å². The van der Waals surface area contributed by atoms with Gasteiger partial charge in [0.2, 0.25) is 0 Å². The van der Waals surface area contributed by atoms with Crippen molar-refractivity contribution in [2.75, 3.05) is 13.2 Å². The molecular weight excluding hydrogens is 340 g/mol. The summed E-state index contributed by atoms with van der Waals surface area (Å²) in [5.41, 5.74) is 0. The van der Waals surface area contributed by atoms with Crippen LogP contribution in [0.1, 0.15) is 44.9 Å². The lowest BCUT2D eigenvalue weighted by Gasteiger charge is -2.27. The maximum atomic E-state index is 6.33. The van der Waals surface area contributed by atoms with Crippen LogP contribution < -0.4 is 19.8 Å². The molecule has 0 amide bonds. The minimum absolute atomic E-state index is 0.850. The summed E-state index contributed by atoms with van der Waals surface area (Å²) in [6.07, 6.45) is 8.95. The second-order valence-corrected chi connectivity index (χ2v) is 19.6. The van der Waals surface area contributed by atoms with Crippen LogP contribution in [0.2, 0.25) is 39.3 Å². The molecule has 0 saturated carbocycles. The van der Waals surface area contributed by atoms with E-state index in [1.54, 1.807) is 0 Å². The summed E-state index contributed by atoms with van der Waals surface area (Å²) in [6, 6.07) is 4.68. The number of fused-ring (bicyclic) bond motifs is 12. The van der Waals surface area contributed by atoms with Gasteiger partial charge in [-0.1, -0.05) is 71.4 Å². The van der Waals surface area contributed by atoms with Crippen molar-refractivity contribution in [3.8, 4) is 11.5 Å². The minimum atomic E-state index is -1.48. The summed E-state index contributed by atoms with van der Waals surface area (Å²) in [7, 11) is -2.97. The van der Waals surface area contributed by atoms with Crippen molar-refractivity contribution in [1.82, 2.24) is 0 Å². The van der Waals surface area contributed by atoms with E-state index >= 15 is 0 Å². The number of rotatable bonds is 2. The summed E-state index contributed by atoms with van der Waals surface area (Å²) in [5.74, 6) is 2.28. The van der Waals surface area contributed by atoms with Gasteiger partial charge in [-0.3, -0.25) is 0 Å². The molecule has 3 rings (SSSR count). The van der Waals surface area contributed by atoms with Crippen LogP contribution in [0.4, 0.5) is 0 Å². The molecule has 2 heterocycles. The SMILES string of the molecule is C[Si](C)(C)c1cc2c([Si](C)(C)C)cc1OCCCCCCCCCO2. The van der Waals surface area contributed by atoms with Gasteiger partial charge in [0, 0.05) is 0 Å². The molecule has 1 aromatic carbocycles. The van der Waals surface area contributed by atoms with Gasteiger partial charge >= 0.3 is 0 Å². The van der Waals surface area contributed by atoms with Gasteiger partial charge in [-0.25, -0.2) is 0 Å². The third-order valence-electron chi connectivity index (χ3n) is 5.00. The lowest BCUT2D eigenvalue weighted by Crippen LogP contribution is -2.44. The fourth-order valence-corrected chi connectivity index (χ4v) is 6.32. The highest BCUT2D eigenvalue weighted by Crippen LogP contribution is 2.23. The van der Waals surface area contributed by atoms with E-state index in [0.29, 0.717) is 0 Å². The summed E-state index contributed by atoms with van der Waals surface area (Å²) < 4.78 is 12.7. The zero-order valence-corrected chi connectivity index (χ0v) is 19.3. The zero-order chi connectivity index (χ0) is 18.5. The largest absolute Gasteiger partial charge is 0.494 e. The molecule has 0 spiro atoms. The van der Waals surface area contributed by atoms with E-state index in [0.717, 1.165) is 24.7 Å². The van der Waals surface area contributed by atoms with Crippen LogP contribution in [0.5, 0.6) is 11.5 Å². The van der Waals surface area contributed by atoms with Crippen molar-refractivity contribution in [2.45, 2.75) is 84.2 Å². The van der Waals surface area contributed by atoms with E-state index in [-0.39, 0.29) is 0 Å². The van der Waals surface area contributed by atoms with Crippen molar-refractivity contribution >= 4 is 26.5 Å². The van der Waals surface area contributed by atoms with Gasteiger partial charge in [-0.2, -0.15) is 0 Å². The Morgan fingerprint density at radius 3 is 1.20 bits per heavy atom. The van der Waals surface area contributed by atoms with Crippen LogP contribution in [0.3, 0.4) is 0 Å². The van der Waals surface area contributed by atoms with Crippen molar-refractivity contribution in [3.05, 3.63) is 12.1 Å². The molecule has 142 valence electrons. The molecule has 2 bridgehead atoms. The highest BCUT2D eigenvalue weighted by molar-refractivity contribution is 6.91. The highest BCUT2D eigenvalue weighted by atomic mass is 28.3. The average Bonchev–Trinajstić information content (AvgIpc) is 2.51. The molecule has 0 N–H and O–H groups in total. The zero-order valence-electron chi connectivity index (χ0n) is 17.3. The van der Waals surface area contributed by atoms with E-state index in [1.165, 1.54) is 55.3 Å². The van der Waals surface area contributed by atoms with Gasteiger partial charge < -0.3 is 9.47 Å². The molecule has 1 aromatic rings. The lowest BCUT2D eigenvalue weighted by atomic mass is 10.1. The van der Waals surface area contributed by atoms with Crippen molar-refractivity contribution in [1.29, 1.82) is 0 Å². The van der Waals surface area contributed by atoms with Crippen LogP contribution in [-0.2, 0) is 0 Å². The first-order valence-corrected chi connectivity index (χ1v) is 17.1. The van der Waals surface area contributed by atoms with Gasteiger partial charge in [0.15, 0.2) is 0 Å². The molecule has 0 fully saturated rings. The molecular formula is C21H38O2Si2. The Balaban J connectivity index is 2.42.